The number of carbonyl (C=O) groups is 1. The number of benzene rings is 1. The van der Waals surface area contributed by atoms with Crippen LogP contribution in [0.25, 0.3) is 11.8 Å². The van der Waals surface area contributed by atoms with Crippen molar-refractivity contribution in [1.82, 2.24) is 5.32 Å². The summed E-state index contributed by atoms with van der Waals surface area (Å²) < 4.78 is 5.16. The molecule has 1 aliphatic rings. The molecule has 0 aliphatic heterocycles. The van der Waals surface area contributed by atoms with Crippen molar-refractivity contribution in [2.75, 3.05) is 13.7 Å². The molecule has 0 spiro atoms. The molecule has 1 N–H and O–H groups in total. The minimum atomic E-state index is -0.00675. The van der Waals surface area contributed by atoms with Gasteiger partial charge < -0.3 is 10.1 Å². The van der Waals surface area contributed by atoms with Gasteiger partial charge in [-0.2, -0.15) is 0 Å². The molecule has 0 unspecified atom stereocenters. The summed E-state index contributed by atoms with van der Waals surface area (Å²) in [6.45, 7) is 2.16. The molecule has 1 aromatic carbocycles. The van der Waals surface area contributed by atoms with Crippen molar-refractivity contribution in [3.05, 3.63) is 45.7 Å². The SMILES string of the molecule is COC1=C=C=c2cccc(CCNC(C)=O)c2=C1. The molecule has 0 atom stereocenters. The molecule has 0 aromatic heterocycles. The number of methoxy groups -OCH3 is 1. The molecule has 2 rings (SSSR count). The lowest BCUT2D eigenvalue weighted by Crippen LogP contribution is -2.31. The number of ether oxygens (including phenoxy) is 1. The molecule has 0 saturated carbocycles. The molecule has 3 heteroatoms. The largest absolute Gasteiger partial charge is 0.489 e. The fourth-order valence-corrected chi connectivity index (χ4v) is 1.89. The van der Waals surface area contributed by atoms with E-state index in [9.17, 15) is 4.79 Å². The van der Waals surface area contributed by atoms with Crippen LogP contribution in [0.3, 0.4) is 0 Å². The van der Waals surface area contributed by atoms with Gasteiger partial charge >= 0.3 is 0 Å². The first-order chi connectivity index (χ1) is 8.70. The Balaban J connectivity index is 2.33. The Hall–Kier alpha value is -2.21. The van der Waals surface area contributed by atoms with Crippen LogP contribution in [0.2, 0.25) is 0 Å². The first-order valence-corrected chi connectivity index (χ1v) is 5.84. The number of allylic oxidation sites excluding steroid dienone is 1. The Bertz CT molecular complexity index is 660. The zero-order chi connectivity index (χ0) is 13.0. The minimum Gasteiger partial charge on any atom is -0.489 e. The molecular weight excluding hydrogens is 226 g/mol. The van der Waals surface area contributed by atoms with E-state index in [0.717, 1.165) is 16.9 Å². The summed E-state index contributed by atoms with van der Waals surface area (Å²) in [5.74, 6) is 0.669. The third kappa shape index (κ3) is 2.72. The summed E-state index contributed by atoms with van der Waals surface area (Å²) in [4.78, 5) is 10.9. The van der Waals surface area contributed by atoms with E-state index in [1.807, 2.05) is 18.2 Å². The highest BCUT2D eigenvalue weighted by atomic mass is 16.5. The average Bonchev–Trinajstić information content (AvgIpc) is 2.38. The van der Waals surface area contributed by atoms with Crippen molar-refractivity contribution in [3.8, 4) is 0 Å². The summed E-state index contributed by atoms with van der Waals surface area (Å²) in [5, 5.41) is 4.91. The second-order valence-electron chi connectivity index (χ2n) is 4.07. The Morgan fingerprint density at radius 2 is 2.22 bits per heavy atom. The number of fused-ring (bicyclic) bond motifs is 1. The monoisotopic (exact) mass is 241 g/mol. The third-order valence-corrected chi connectivity index (χ3v) is 2.78. The number of hydrogen-bond acceptors (Lipinski definition) is 2. The third-order valence-electron chi connectivity index (χ3n) is 2.78. The van der Waals surface area contributed by atoms with Crippen LogP contribution in [0, 0.1) is 0 Å². The molecule has 1 amide bonds. The van der Waals surface area contributed by atoms with Gasteiger partial charge in [0.25, 0.3) is 0 Å². The molecular formula is C15H15NO2. The smallest absolute Gasteiger partial charge is 0.216 e. The molecule has 3 nitrogen and oxygen atoms in total. The quantitative estimate of drug-likeness (QED) is 0.766. The number of hydrogen-bond donors (Lipinski definition) is 1. The van der Waals surface area contributed by atoms with Crippen molar-refractivity contribution in [3.63, 3.8) is 0 Å². The van der Waals surface area contributed by atoms with Gasteiger partial charge in [0.05, 0.1) is 7.11 Å². The van der Waals surface area contributed by atoms with Gasteiger partial charge in [0.15, 0.2) is 5.76 Å². The topological polar surface area (TPSA) is 38.3 Å². The maximum atomic E-state index is 10.9. The van der Waals surface area contributed by atoms with Gasteiger partial charge in [-0.05, 0) is 35.1 Å². The molecule has 92 valence electrons. The lowest BCUT2D eigenvalue weighted by Gasteiger charge is -2.06. The standard InChI is InChI=1S/C15H15NO2/c1-11(17)16-9-8-13-5-3-4-12-6-7-14(18-2)10-15(12)13/h3-5,10H,8-9H2,1-2H3,(H,16,17). The molecule has 0 bridgehead atoms. The number of nitrogens with one attached hydrogen (secondary N) is 1. The summed E-state index contributed by atoms with van der Waals surface area (Å²) in [6.07, 6.45) is 2.74. The van der Waals surface area contributed by atoms with Crippen LogP contribution in [0.4, 0.5) is 0 Å². The Morgan fingerprint density at radius 3 is 2.94 bits per heavy atom. The predicted molar refractivity (Wildman–Crippen MR) is 70.0 cm³/mol. The summed E-state index contributed by atoms with van der Waals surface area (Å²) in [7, 11) is 1.62. The summed E-state index contributed by atoms with van der Waals surface area (Å²) in [6, 6.07) is 6.03. The maximum Gasteiger partial charge on any atom is 0.216 e. The lowest BCUT2D eigenvalue weighted by atomic mass is 10.0. The maximum absolute atomic E-state index is 10.9. The van der Waals surface area contributed by atoms with Gasteiger partial charge in [-0.1, -0.05) is 17.9 Å². The zero-order valence-corrected chi connectivity index (χ0v) is 10.5. The van der Waals surface area contributed by atoms with Crippen LogP contribution in [0.5, 0.6) is 0 Å². The van der Waals surface area contributed by atoms with Gasteiger partial charge in [-0.3, -0.25) is 4.79 Å². The van der Waals surface area contributed by atoms with E-state index >= 15 is 0 Å². The van der Waals surface area contributed by atoms with Crippen LogP contribution in [-0.4, -0.2) is 19.6 Å². The summed E-state index contributed by atoms with van der Waals surface area (Å²) in [5.41, 5.74) is 7.19. The van der Waals surface area contributed by atoms with E-state index in [4.69, 9.17) is 4.74 Å². The first-order valence-electron chi connectivity index (χ1n) is 5.84. The van der Waals surface area contributed by atoms with Crippen LogP contribution in [0.15, 0.2) is 29.7 Å². The second-order valence-corrected chi connectivity index (χ2v) is 4.07. The van der Waals surface area contributed by atoms with E-state index in [-0.39, 0.29) is 5.91 Å². The Labute approximate surface area is 106 Å². The highest BCUT2D eigenvalue weighted by molar-refractivity contribution is 5.72. The lowest BCUT2D eigenvalue weighted by molar-refractivity contribution is -0.118. The zero-order valence-electron chi connectivity index (χ0n) is 10.5. The van der Waals surface area contributed by atoms with Crippen molar-refractivity contribution in [2.45, 2.75) is 13.3 Å². The molecule has 0 radical (unpaired) electrons. The molecule has 1 aliphatic carbocycles. The first kappa shape index (κ1) is 12.3. The summed E-state index contributed by atoms with van der Waals surface area (Å²) >= 11 is 0. The van der Waals surface area contributed by atoms with Gasteiger partial charge in [0.1, 0.15) is 0 Å². The van der Waals surface area contributed by atoms with Crippen molar-refractivity contribution in [1.29, 1.82) is 0 Å². The van der Waals surface area contributed by atoms with Gasteiger partial charge in [-0.25, -0.2) is 0 Å². The fraction of sp³-hybridized carbons (Fsp3) is 0.267. The predicted octanol–water partition coefficient (Wildman–Crippen LogP) is 0.224. The number of rotatable bonds is 4. The van der Waals surface area contributed by atoms with Crippen molar-refractivity contribution in [2.24, 2.45) is 0 Å². The fourth-order valence-electron chi connectivity index (χ4n) is 1.89. The van der Waals surface area contributed by atoms with E-state index in [1.165, 1.54) is 12.5 Å². The highest BCUT2D eigenvalue weighted by Gasteiger charge is 2.01. The average molecular weight is 241 g/mol. The second kappa shape index (κ2) is 5.42. The van der Waals surface area contributed by atoms with Crippen LogP contribution in [-0.2, 0) is 16.0 Å². The highest BCUT2D eigenvalue weighted by Crippen LogP contribution is 1.98. The van der Waals surface area contributed by atoms with E-state index in [0.29, 0.717) is 12.3 Å². The van der Waals surface area contributed by atoms with Crippen LogP contribution in [0.1, 0.15) is 12.5 Å². The molecule has 18 heavy (non-hydrogen) atoms. The molecule has 0 saturated heterocycles. The molecule has 0 heterocycles. The Morgan fingerprint density at radius 1 is 1.39 bits per heavy atom. The number of amides is 1. The van der Waals surface area contributed by atoms with Crippen molar-refractivity contribution < 1.29 is 9.53 Å². The normalized spacial score (nSPS) is 11.8. The van der Waals surface area contributed by atoms with E-state index in [1.54, 1.807) is 7.11 Å². The minimum absolute atomic E-state index is 0.00675. The van der Waals surface area contributed by atoms with Gasteiger partial charge in [-0.15, -0.1) is 0 Å². The van der Waals surface area contributed by atoms with E-state index < -0.39 is 0 Å². The molecule has 1 aromatic rings. The van der Waals surface area contributed by atoms with Crippen LogP contribution >= 0.6 is 0 Å². The van der Waals surface area contributed by atoms with Crippen LogP contribution < -0.4 is 15.8 Å². The Kier molecular flexibility index (Phi) is 3.69. The van der Waals surface area contributed by atoms with Crippen molar-refractivity contribution >= 4 is 17.7 Å². The molecule has 0 fully saturated rings. The van der Waals surface area contributed by atoms with E-state index in [2.05, 4.69) is 22.8 Å². The van der Waals surface area contributed by atoms with Gasteiger partial charge in [0.2, 0.25) is 5.91 Å². The van der Waals surface area contributed by atoms with Gasteiger partial charge in [0, 0.05) is 18.7 Å². The number of carbonyl (C=O) groups excluding carboxylic acids is 1.